The van der Waals surface area contributed by atoms with Crippen LogP contribution in [0.5, 0.6) is 5.75 Å². The number of ether oxygens (including phenoxy) is 2. The molecule has 1 aromatic carbocycles. The molecule has 0 bridgehead atoms. The van der Waals surface area contributed by atoms with Crippen molar-refractivity contribution in [1.29, 1.82) is 0 Å². The van der Waals surface area contributed by atoms with Crippen molar-refractivity contribution in [1.82, 2.24) is 0 Å². The molecule has 0 aromatic heterocycles. The molecule has 3 heteroatoms. The van der Waals surface area contributed by atoms with Crippen LogP contribution in [-0.2, 0) is 4.74 Å². The molecule has 3 nitrogen and oxygen atoms in total. The third-order valence-electron chi connectivity index (χ3n) is 3.42. The van der Waals surface area contributed by atoms with Crippen molar-refractivity contribution >= 4 is 11.7 Å². The molecule has 20 heavy (non-hydrogen) atoms. The predicted molar refractivity (Wildman–Crippen MR) is 77.4 cm³/mol. The van der Waals surface area contributed by atoms with E-state index in [0.717, 1.165) is 29.6 Å². The van der Waals surface area contributed by atoms with Crippen LogP contribution in [0.15, 0.2) is 54.1 Å². The van der Waals surface area contributed by atoms with E-state index in [1.807, 2.05) is 36.4 Å². The smallest absolute Gasteiger partial charge is 0.421 e. The fraction of sp³-hybridized carbons (Fsp3) is 0.235. The van der Waals surface area contributed by atoms with Gasteiger partial charge in [-0.1, -0.05) is 55.8 Å². The number of carbonyl (C=O) groups excluding carboxylic acids is 1. The minimum atomic E-state index is -0.649. The van der Waals surface area contributed by atoms with Crippen LogP contribution in [0, 0.1) is 0 Å². The molecular weight excluding hydrogens is 252 g/mol. The number of benzene rings is 1. The van der Waals surface area contributed by atoms with E-state index in [-0.39, 0.29) is 6.10 Å². The molecular formula is C17H16O3. The molecule has 1 aromatic rings. The lowest BCUT2D eigenvalue weighted by Gasteiger charge is -2.21. The highest BCUT2D eigenvalue weighted by molar-refractivity contribution is 5.84. The van der Waals surface area contributed by atoms with E-state index in [2.05, 4.69) is 13.0 Å². The normalized spacial score (nSPS) is 22.2. The number of unbranched alkanes of at least 4 members (excludes halogenated alkanes) is 1. The summed E-state index contributed by atoms with van der Waals surface area (Å²) in [6.45, 7) is 2.12. The van der Waals surface area contributed by atoms with E-state index in [1.54, 1.807) is 6.07 Å². The van der Waals surface area contributed by atoms with E-state index in [0.29, 0.717) is 5.75 Å². The SMILES string of the molecule is CCCC=C1C=CC=C2c3ccccc3OC(=O)OC12. The molecule has 0 amide bonds. The summed E-state index contributed by atoms with van der Waals surface area (Å²) in [4.78, 5) is 11.8. The third-order valence-corrected chi connectivity index (χ3v) is 3.42. The van der Waals surface area contributed by atoms with E-state index >= 15 is 0 Å². The standard InChI is InChI=1S/C17H16O3/c1-2-3-7-12-8-6-10-14-13-9-4-5-11-15(13)19-17(18)20-16(12)14/h4-11,16H,2-3H2,1H3. The lowest BCUT2D eigenvalue weighted by molar-refractivity contribution is 0.0943. The molecule has 0 radical (unpaired) electrons. The van der Waals surface area contributed by atoms with Gasteiger partial charge in [0.15, 0.2) is 6.10 Å². The van der Waals surface area contributed by atoms with Gasteiger partial charge in [0.05, 0.1) is 0 Å². The van der Waals surface area contributed by atoms with Crippen LogP contribution in [0.3, 0.4) is 0 Å². The van der Waals surface area contributed by atoms with E-state index in [9.17, 15) is 4.79 Å². The molecule has 1 aliphatic carbocycles. The largest absolute Gasteiger partial charge is 0.514 e. The van der Waals surface area contributed by atoms with Gasteiger partial charge in [0.25, 0.3) is 0 Å². The maximum absolute atomic E-state index is 11.8. The summed E-state index contributed by atoms with van der Waals surface area (Å²) >= 11 is 0. The first-order valence-corrected chi connectivity index (χ1v) is 6.85. The van der Waals surface area contributed by atoms with Crippen molar-refractivity contribution in [2.45, 2.75) is 25.9 Å². The van der Waals surface area contributed by atoms with E-state index in [4.69, 9.17) is 9.47 Å². The topological polar surface area (TPSA) is 35.5 Å². The van der Waals surface area contributed by atoms with Crippen molar-refractivity contribution < 1.29 is 14.3 Å². The molecule has 3 rings (SSSR count). The van der Waals surface area contributed by atoms with Crippen LogP contribution in [0.25, 0.3) is 5.57 Å². The first-order valence-electron chi connectivity index (χ1n) is 6.85. The minimum absolute atomic E-state index is 0.373. The highest BCUT2D eigenvalue weighted by Gasteiger charge is 2.31. The van der Waals surface area contributed by atoms with Gasteiger partial charge in [0.1, 0.15) is 5.75 Å². The molecule has 0 saturated carbocycles. The monoisotopic (exact) mass is 268 g/mol. The fourth-order valence-corrected chi connectivity index (χ4v) is 2.47. The molecule has 0 fully saturated rings. The first-order chi connectivity index (χ1) is 9.79. The zero-order valence-electron chi connectivity index (χ0n) is 11.3. The Hall–Kier alpha value is -2.29. The maximum atomic E-state index is 11.8. The number of hydrogen-bond donors (Lipinski definition) is 0. The van der Waals surface area contributed by atoms with Gasteiger partial charge in [-0.2, -0.15) is 0 Å². The highest BCUT2D eigenvalue weighted by atomic mass is 16.7. The number of para-hydroxylation sites is 1. The number of rotatable bonds is 2. The van der Waals surface area contributed by atoms with Crippen LogP contribution < -0.4 is 4.74 Å². The maximum Gasteiger partial charge on any atom is 0.514 e. The van der Waals surface area contributed by atoms with Crippen molar-refractivity contribution in [3.63, 3.8) is 0 Å². The Morgan fingerprint density at radius 3 is 3.00 bits per heavy atom. The van der Waals surface area contributed by atoms with Crippen LogP contribution in [0.1, 0.15) is 25.3 Å². The van der Waals surface area contributed by atoms with Gasteiger partial charge >= 0.3 is 6.16 Å². The molecule has 2 aliphatic rings. The predicted octanol–water partition coefficient (Wildman–Crippen LogP) is 4.26. The summed E-state index contributed by atoms with van der Waals surface area (Å²) < 4.78 is 10.7. The summed E-state index contributed by atoms with van der Waals surface area (Å²) in [5, 5.41) is 0. The molecule has 0 saturated heterocycles. The Kier molecular flexibility index (Phi) is 3.42. The number of carbonyl (C=O) groups is 1. The van der Waals surface area contributed by atoms with Crippen molar-refractivity contribution in [2.24, 2.45) is 0 Å². The average Bonchev–Trinajstić information content (AvgIpc) is 2.61. The molecule has 1 heterocycles. The average molecular weight is 268 g/mol. The molecule has 0 spiro atoms. The third kappa shape index (κ3) is 2.27. The number of hydrogen-bond acceptors (Lipinski definition) is 3. The van der Waals surface area contributed by atoms with Gasteiger partial charge in [-0.15, -0.1) is 0 Å². The second-order valence-electron chi connectivity index (χ2n) is 4.82. The van der Waals surface area contributed by atoms with Crippen molar-refractivity contribution in [2.75, 3.05) is 0 Å². The Morgan fingerprint density at radius 1 is 1.30 bits per heavy atom. The van der Waals surface area contributed by atoms with E-state index in [1.165, 1.54) is 0 Å². The second-order valence-corrected chi connectivity index (χ2v) is 4.82. The van der Waals surface area contributed by atoms with E-state index < -0.39 is 6.16 Å². The zero-order chi connectivity index (χ0) is 13.9. The highest BCUT2D eigenvalue weighted by Crippen LogP contribution is 2.37. The summed E-state index contributed by atoms with van der Waals surface area (Å²) in [5.41, 5.74) is 2.89. The summed E-state index contributed by atoms with van der Waals surface area (Å²) in [6.07, 6.45) is 9.08. The van der Waals surface area contributed by atoms with Gasteiger partial charge < -0.3 is 9.47 Å². The van der Waals surface area contributed by atoms with Crippen LogP contribution in [0.4, 0.5) is 4.79 Å². The lowest BCUT2D eigenvalue weighted by atomic mass is 9.90. The van der Waals surface area contributed by atoms with Gasteiger partial charge in [-0.05, 0) is 18.1 Å². The molecule has 102 valence electrons. The van der Waals surface area contributed by atoms with Crippen LogP contribution in [0.2, 0.25) is 0 Å². The Bertz CT molecular complexity index is 623. The molecule has 0 N–H and O–H groups in total. The van der Waals surface area contributed by atoms with Gasteiger partial charge in [-0.25, -0.2) is 4.79 Å². The molecule has 1 atom stereocenters. The molecule has 1 unspecified atom stereocenters. The first kappa shape index (κ1) is 12.7. The van der Waals surface area contributed by atoms with Crippen LogP contribution >= 0.6 is 0 Å². The van der Waals surface area contributed by atoms with Crippen molar-refractivity contribution in [3.8, 4) is 5.75 Å². The van der Waals surface area contributed by atoms with Crippen molar-refractivity contribution in [3.05, 3.63) is 59.7 Å². The van der Waals surface area contributed by atoms with Crippen LogP contribution in [-0.4, -0.2) is 12.3 Å². The number of fused-ring (bicyclic) bond motifs is 3. The van der Waals surface area contributed by atoms with Gasteiger partial charge in [0.2, 0.25) is 0 Å². The number of allylic oxidation sites excluding steroid dienone is 3. The second kappa shape index (κ2) is 5.37. The summed E-state index contributed by atoms with van der Waals surface area (Å²) in [5.74, 6) is 0.552. The van der Waals surface area contributed by atoms with Gasteiger partial charge in [0, 0.05) is 11.1 Å². The zero-order valence-corrected chi connectivity index (χ0v) is 11.3. The Balaban J connectivity index is 2.07. The quantitative estimate of drug-likeness (QED) is 0.593. The Morgan fingerprint density at radius 2 is 2.15 bits per heavy atom. The Labute approximate surface area is 118 Å². The summed E-state index contributed by atoms with van der Waals surface area (Å²) in [6, 6.07) is 7.52. The lowest BCUT2D eigenvalue weighted by Crippen LogP contribution is -2.21. The summed E-state index contributed by atoms with van der Waals surface area (Å²) in [7, 11) is 0. The van der Waals surface area contributed by atoms with Gasteiger partial charge in [-0.3, -0.25) is 0 Å². The fourth-order valence-electron chi connectivity index (χ4n) is 2.47. The molecule has 1 aliphatic heterocycles. The minimum Gasteiger partial charge on any atom is -0.421 e.